The summed E-state index contributed by atoms with van der Waals surface area (Å²) in [5.41, 5.74) is 0. The van der Waals surface area contributed by atoms with Crippen LogP contribution in [0.5, 0.6) is 0 Å². The molecule has 0 radical (unpaired) electrons. The minimum absolute atomic E-state index is 0.593. The van der Waals surface area contributed by atoms with E-state index in [9.17, 15) is 0 Å². The van der Waals surface area contributed by atoms with Gasteiger partial charge in [0.1, 0.15) is 0 Å². The molecule has 0 aliphatic heterocycles. The highest BCUT2D eigenvalue weighted by Gasteiger charge is 2.08. The molecule has 0 aromatic rings. The van der Waals surface area contributed by atoms with Gasteiger partial charge < -0.3 is 5.32 Å². The van der Waals surface area contributed by atoms with Gasteiger partial charge in [-0.25, -0.2) is 0 Å². The maximum atomic E-state index is 5.27. The fraction of sp³-hybridized carbons (Fsp3) is 0.833. The lowest BCUT2D eigenvalue weighted by molar-refractivity contribution is 0.544. The minimum atomic E-state index is 0.593. The first-order valence-electron chi connectivity index (χ1n) is 5.53. The molecule has 14 heavy (non-hydrogen) atoms. The summed E-state index contributed by atoms with van der Waals surface area (Å²) >= 11 is 2.04. The molecule has 2 atom stereocenters. The van der Waals surface area contributed by atoms with Crippen molar-refractivity contribution in [1.29, 1.82) is 0 Å². The van der Waals surface area contributed by atoms with E-state index in [2.05, 4.69) is 32.0 Å². The molecular weight excluding hydrogens is 190 g/mol. The lowest BCUT2D eigenvalue weighted by Crippen LogP contribution is -2.31. The van der Waals surface area contributed by atoms with Gasteiger partial charge in [-0.1, -0.05) is 20.8 Å². The van der Waals surface area contributed by atoms with Crippen molar-refractivity contribution >= 4 is 11.8 Å². The Hall–Kier alpha value is -0.130. The van der Waals surface area contributed by atoms with Gasteiger partial charge in [0.2, 0.25) is 0 Å². The zero-order chi connectivity index (χ0) is 10.8. The monoisotopic (exact) mass is 213 g/mol. The van der Waals surface area contributed by atoms with E-state index in [0.717, 1.165) is 24.6 Å². The molecule has 0 spiro atoms. The maximum Gasteiger partial charge on any atom is 0.0167 e. The van der Waals surface area contributed by atoms with E-state index < -0.39 is 0 Å². The van der Waals surface area contributed by atoms with Crippen LogP contribution in [0.25, 0.3) is 0 Å². The van der Waals surface area contributed by atoms with Crippen molar-refractivity contribution in [2.75, 3.05) is 12.3 Å². The van der Waals surface area contributed by atoms with E-state index in [1.165, 1.54) is 12.2 Å². The number of nitrogens with one attached hydrogen (secondary N) is 1. The normalized spacial score (nSPS) is 14.7. The lowest BCUT2D eigenvalue weighted by Gasteiger charge is -2.18. The standard InChI is InChI=1S/C12H23NS/c1-5-8-9-12(13-7-3)10-14-11(4)6-2/h1,11-13H,6-10H2,2-4H3. The van der Waals surface area contributed by atoms with Crippen LogP contribution >= 0.6 is 11.8 Å². The molecule has 82 valence electrons. The van der Waals surface area contributed by atoms with Gasteiger partial charge in [-0.05, 0) is 19.4 Å². The molecule has 0 amide bonds. The fourth-order valence-electron chi connectivity index (χ4n) is 1.19. The summed E-state index contributed by atoms with van der Waals surface area (Å²) in [7, 11) is 0. The minimum Gasteiger partial charge on any atom is -0.313 e. The molecular formula is C12H23NS. The molecule has 1 N–H and O–H groups in total. The maximum absolute atomic E-state index is 5.27. The van der Waals surface area contributed by atoms with Crippen molar-refractivity contribution in [1.82, 2.24) is 5.32 Å². The summed E-state index contributed by atoms with van der Waals surface area (Å²) < 4.78 is 0. The molecule has 0 aliphatic carbocycles. The van der Waals surface area contributed by atoms with Gasteiger partial charge in [0.15, 0.2) is 0 Å². The van der Waals surface area contributed by atoms with Crippen molar-refractivity contribution in [3.05, 3.63) is 0 Å². The van der Waals surface area contributed by atoms with E-state index in [1.807, 2.05) is 11.8 Å². The second-order valence-electron chi connectivity index (χ2n) is 3.55. The Bertz CT molecular complexity index is 162. The van der Waals surface area contributed by atoms with Crippen LogP contribution in [0.1, 0.15) is 40.0 Å². The molecule has 0 aromatic carbocycles. The highest BCUT2D eigenvalue weighted by atomic mass is 32.2. The van der Waals surface area contributed by atoms with Crippen molar-refractivity contribution in [2.24, 2.45) is 0 Å². The smallest absolute Gasteiger partial charge is 0.0167 e. The Labute approximate surface area is 93.4 Å². The number of thioether (sulfide) groups is 1. The first-order chi connectivity index (χ1) is 6.74. The van der Waals surface area contributed by atoms with Gasteiger partial charge in [-0.2, -0.15) is 11.8 Å². The number of rotatable bonds is 8. The summed E-state index contributed by atoms with van der Waals surface area (Å²) in [5, 5.41) is 4.25. The SMILES string of the molecule is C#CCCC(CSC(C)CC)NCC. The topological polar surface area (TPSA) is 12.0 Å². The second-order valence-corrected chi connectivity index (χ2v) is 5.02. The van der Waals surface area contributed by atoms with Crippen LogP contribution in [-0.2, 0) is 0 Å². The average Bonchev–Trinajstić information content (AvgIpc) is 2.21. The Morgan fingerprint density at radius 1 is 1.43 bits per heavy atom. The first kappa shape index (κ1) is 13.9. The van der Waals surface area contributed by atoms with Crippen molar-refractivity contribution < 1.29 is 0 Å². The molecule has 0 saturated heterocycles. The zero-order valence-electron chi connectivity index (χ0n) is 9.68. The largest absolute Gasteiger partial charge is 0.313 e. The van der Waals surface area contributed by atoms with Crippen LogP contribution in [-0.4, -0.2) is 23.6 Å². The molecule has 0 rings (SSSR count). The second kappa shape index (κ2) is 9.43. The molecule has 1 nitrogen and oxygen atoms in total. The van der Waals surface area contributed by atoms with Crippen LogP contribution in [0.3, 0.4) is 0 Å². The Kier molecular flexibility index (Phi) is 9.34. The Morgan fingerprint density at radius 2 is 2.14 bits per heavy atom. The van der Waals surface area contributed by atoms with Crippen LogP contribution in [0, 0.1) is 12.3 Å². The zero-order valence-corrected chi connectivity index (χ0v) is 10.5. The summed E-state index contributed by atoms with van der Waals surface area (Å²) in [4.78, 5) is 0. The molecule has 0 saturated carbocycles. The summed E-state index contributed by atoms with van der Waals surface area (Å²) in [6.45, 7) is 7.71. The van der Waals surface area contributed by atoms with Crippen LogP contribution in [0.2, 0.25) is 0 Å². The average molecular weight is 213 g/mol. The van der Waals surface area contributed by atoms with Crippen LogP contribution in [0.4, 0.5) is 0 Å². The van der Waals surface area contributed by atoms with E-state index >= 15 is 0 Å². The van der Waals surface area contributed by atoms with Gasteiger partial charge in [-0.3, -0.25) is 0 Å². The van der Waals surface area contributed by atoms with E-state index in [1.54, 1.807) is 0 Å². The third kappa shape index (κ3) is 7.29. The van der Waals surface area contributed by atoms with Gasteiger partial charge >= 0.3 is 0 Å². The van der Waals surface area contributed by atoms with Gasteiger partial charge in [-0.15, -0.1) is 12.3 Å². The van der Waals surface area contributed by atoms with E-state index in [0.29, 0.717) is 6.04 Å². The summed E-state index contributed by atoms with van der Waals surface area (Å²) in [5.74, 6) is 3.89. The molecule has 2 unspecified atom stereocenters. The number of hydrogen-bond donors (Lipinski definition) is 1. The fourth-order valence-corrected chi connectivity index (χ4v) is 2.27. The Morgan fingerprint density at radius 3 is 2.64 bits per heavy atom. The predicted octanol–water partition coefficient (Wildman–Crippen LogP) is 2.91. The van der Waals surface area contributed by atoms with Gasteiger partial charge in [0.25, 0.3) is 0 Å². The van der Waals surface area contributed by atoms with E-state index in [-0.39, 0.29) is 0 Å². The third-order valence-corrected chi connectivity index (χ3v) is 3.78. The Balaban J connectivity index is 3.67. The van der Waals surface area contributed by atoms with Crippen molar-refractivity contribution in [2.45, 2.75) is 51.3 Å². The molecule has 0 fully saturated rings. The van der Waals surface area contributed by atoms with E-state index in [4.69, 9.17) is 6.42 Å². The molecule has 0 bridgehead atoms. The van der Waals surface area contributed by atoms with Crippen LogP contribution < -0.4 is 5.32 Å². The van der Waals surface area contributed by atoms with Crippen molar-refractivity contribution in [3.8, 4) is 12.3 Å². The predicted molar refractivity (Wildman–Crippen MR) is 67.7 cm³/mol. The van der Waals surface area contributed by atoms with Crippen LogP contribution in [0.15, 0.2) is 0 Å². The van der Waals surface area contributed by atoms with Crippen molar-refractivity contribution in [3.63, 3.8) is 0 Å². The third-order valence-electron chi connectivity index (χ3n) is 2.29. The first-order valence-corrected chi connectivity index (χ1v) is 6.57. The quantitative estimate of drug-likeness (QED) is 0.622. The highest BCUT2D eigenvalue weighted by molar-refractivity contribution is 7.99. The van der Waals surface area contributed by atoms with Gasteiger partial charge in [0.05, 0.1) is 0 Å². The molecule has 0 aliphatic rings. The molecule has 2 heteroatoms. The lowest BCUT2D eigenvalue weighted by atomic mass is 10.2. The van der Waals surface area contributed by atoms with Gasteiger partial charge in [0, 0.05) is 23.5 Å². The highest BCUT2D eigenvalue weighted by Crippen LogP contribution is 2.16. The number of terminal acetylenes is 1. The summed E-state index contributed by atoms with van der Waals surface area (Å²) in [6, 6.07) is 0.593. The molecule has 0 aromatic heterocycles. The molecule has 0 heterocycles. The summed E-state index contributed by atoms with van der Waals surface area (Å²) in [6.07, 6.45) is 8.51. The number of hydrogen-bond acceptors (Lipinski definition) is 2.